The summed E-state index contributed by atoms with van der Waals surface area (Å²) in [6, 6.07) is 7.29. The summed E-state index contributed by atoms with van der Waals surface area (Å²) in [5.41, 5.74) is -1.96. The average molecular weight is 204 g/mol. The van der Waals surface area contributed by atoms with Crippen molar-refractivity contribution in [1.29, 1.82) is 0 Å². The molecule has 1 aromatic carbocycles. The standard InChI is InChI=1S/C8H9FO3S/c9-6-8(10)13(11,12)7-4-2-1-3-5-7/h1-5,8,10H,6H2. The number of sulfone groups is 1. The van der Waals surface area contributed by atoms with Crippen molar-refractivity contribution in [3.05, 3.63) is 30.3 Å². The molecule has 5 heteroatoms. The molecule has 72 valence electrons. The van der Waals surface area contributed by atoms with Crippen molar-refractivity contribution in [2.75, 3.05) is 6.67 Å². The molecule has 0 heterocycles. The first-order valence-corrected chi connectivity index (χ1v) is 5.16. The zero-order valence-electron chi connectivity index (χ0n) is 6.72. The predicted octanol–water partition coefficient (Wildman–Crippen LogP) is 0.748. The summed E-state index contributed by atoms with van der Waals surface area (Å²) in [7, 11) is -3.91. The number of benzene rings is 1. The van der Waals surface area contributed by atoms with Crippen molar-refractivity contribution in [2.45, 2.75) is 10.3 Å². The monoisotopic (exact) mass is 204 g/mol. The molecule has 3 nitrogen and oxygen atoms in total. The van der Waals surface area contributed by atoms with E-state index < -0.39 is 21.9 Å². The minimum absolute atomic E-state index is 0.0693. The second kappa shape index (κ2) is 3.85. The molecule has 1 unspecified atom stereocenters. The van der Waals surface area contributed by atoms with Crippen LogP contribution in [0, 0.1) is 0 Å². The van der Waals surface area contributed by atoms with E-state index in [4.69, 9.17) is 5.11 Å². The minimum Gasteiger partial charge on any atom is -0.375 e. The number of hydrogen-bond acceptors (Lipinski definition) is 3. The molecule has 13 heavy (non-hydrogen) atoms. The maximum absolute atomic E-state index is 11.9. The van der Waals surface area contributed by atoms with Gasteiger partial charge in [0, 0.05) is 0 Å². The molecule has 1 rings (SSSR count). The molecule has 0 aliphatic heterocycles. The van der Waals surface area contributed by atoms with Crippen molar-refractivity contribution in [2.24, 2.45) is 0 Å². The van der Waals surface area contributed by atoms with E-state index >= 15 is 0 Å². The molecule has 0 radical (unpaired) electrons. The molecule has 0 aliphatic carbocycles. The topological polar surface area (TPSA) is 54.4 Å². The fourth-order valence-electron chi connectivity index (χ4n) is 0.850. The summed E-state index contributed by atoms with van der Waals surface area (Å²) in [4.78, 5) is -0.0693. The largest absolute Gasteiger partial charge is 0.375 e. The van der Waals surface area contributed by atoms with Gasteiger partial charge in [0.2, 0.25) is 9.84 Å². The Kier molecular flexibility index (Phi) is 3.00. The van der Waals surface area contributed by atoms with E-state index in [9.17, 15) is 12.8 Å². The van der Waals surface area contributed by atoms with Crippen LogP contribution in [0.1, 0.15) is 0 Å². The molecule has 0 spiro atoms. The van der Waals surface area contributed by atoms with Crippen LogP contribution in [0.4, 0.5) is 4.39 Å². The molecule has 1 aromatic rings. The lowest BCUT2D eigenvalue weighted by Crippen LogP contribution is -2.22. The van der Waals surface area contributed by atoms with E-state index in [-0.39, 0.29) is 4.90 Å². The Labute approximate surface area is 75.7 Å². The van der Waals surface area contributed by atoms with Crippen molar-refractivity contribution in [3.63, 3.8) is 0 Å². The first kappa shape index (κ1) is 10.1. The maximum Gasteiger partial charge on any atom is 0.207 e. The smallest absolute Gasteiger partial charge is 0.207 e. The Morgan fingerprint density at radius 1 is 1.31 bits per heavy atom. The highest BCUT2D eigenvalue weighted by atomic mass is 32.2. The highest BCUT2D eigenvalue weighted by Gasteiger charge is 2.24. The average Bonchev–Trinajstić information content (AvgIpc) is 2.18. The third kappa shape index (κ3) is 2.05. The van der Waals surface area contributed by atoms with E-state index in [1.54, 1.807) is 6.07 Å². The number of hydrogen-bond donors (Lipinski definition) is 1. The van der Waals surface area contributed by atoms with Gasteiger partial charge in [-0.25, -0.2) is 12.8 Å². The molecule has 0 saturated carbocycles. The van der Waals surface area contributed by atoms with Gasteiger partial charge >= 0.3 is 0 Å². The second-order valence-corrected chi connectivity index (χ2v) is 4.57. The van der Waals surface area contributed by atoms with Crippen LogP contribution in [-0.4, -0.2) is 25.6 Å². The van der Waals surface area contributed by atoms with Crippen LogP contribution >= 0.6 is 0 Å². The van der Waals surface area contributed by atoms with Crippen LogP contribution in [0.5, 0.6) is 0 Å². The zero-order chi connectivity index (χ0) is 9.90. The number of aliphatic hydroxyl groups excluding tert-OH is 1. The lowest BCUT2D eigenvalue weighted by atomic mass is 10.4. The van der Waals surface area contributed by atoms with Gasteiger partial charge in [0.1, 0.15) is 6.67 Å². The van der Waals surface area contributed by atoms with E-state index in [2.05, 4.69) is 0 Å². The fraction of sp³-hybridized carbons (Fsp3) is 0.250. The van der Waals surface area contributed by atoms with Crippen LogP contribution in [0.15, 0.2) is 35.2 Å². The van der Waals surface area contributed by atoms with E-state index in [1.807, 2.05) is 0 Å². The van der Waals surface area contributed by atoms with Gasteiger partial charge in [0.15, 0.2) is 5.44 Å². The Bertz CT molecular complexity index is 360. The lowest BCUT2D eigenvalue weighted by molar-refractivity contribution is 0.208. The minimum atomic E-state index is -3.91. The van der Waals surface area contributed by atoms with Gasteiger partial charge in [-0.2, -0.15) is 0 Å². The van der Waals surface area contributed by atoms with Crippen LogP contribution < -0.4 is 0 Å². The van der Waals surface area contributed by atoms with Gasteiger partial charge in [-0.05, 0) is 12.1 Å². The van der Waals surface area contributed by atoms with Gasteiger partial charge < -0.3 is 5.11 Å². The Morgan fingerprint density at radius 2 is 1.85 bits per heavy atom. The highest BCUT2D eigenvalue weighted by Crippen LogP contribution is 2.13. The van der Waals surface area contributed by atoms with Gasteiger partial charge in [0.25, 0.3) is 0 Å². The normalized spacial score (nSPS) is 14.0. The molecular formula is C8H9FO3S. The van der Waals surface area contributed by atoms with Gasteiger partial charge in [-0.15, -0.1) is 0 Å². The molecule has 0 aliphatic rings. The van der Waals surface area contributed by atoms with Gasteiger partial charge in [-0.3, -0.25) is 0 Å². The molecule has 0 fully saturated rings. The molecule has 1 atom stereocenters. The van der Waals surface area contributed by atoms with E-state index in [0.29, 0.717) is 0 Å². The summed E-state index contributed by atoms with van der Waals surface area (Å²) in [6.45, 7) is -1.29. The summed E-state index contributed by atoms with van der Waals surface area (Å²) in [5.74, 6) is 0. The van der Waals surface area contributed by atoms with E-state index in [0.717, 1.165) is 0 Å². The second-order valence-electron chi connectivity index (χ2n) is 2.47. The van der Waals surface area contributed by atoms with Crippen LogP contribution in [0.2, 0.25) is 0 Å². The number of rotatable bonds is 3. The maximum atomic E-state index is 11.9. The van der Waals surface area contributed by atoms with Crippen LogP contribution in [0.25, 0.3) is 0 Å². The van der Waals surface area contributed by atoms with Crippen LogP contribution in [-0.2, 0) is 9.84 Å². The molecule has 0 aromatic heterocycles. The molecular weight excluding hydrogens is 195 g/mol. The van der Waals surface area contributed by atoms with Crippen molar-refractivity contribution < 1.29 is 17.9 Å². The molecule has 0 saturated heterocycles. The van der Waals surface area contributed by atoms with Crippen molar-refractivity contribution in [1.82, 2.24) is 0 Å². The quantitative estimate of drug-likeness (QED) is 0.790. The number of aliphatic hydroxyl groups is 1. The van der Waals surface area contributed by atoms with E-state index in [1.165, 1.54) is 24.3 Å². The van der Waals surface area contributed by atoms with Crippen LogP contribution in [0.3, 0.4) is 0 Å². The summed E-state index contributed by atoms with van der Waals surface area (Å²) >= 11 is 0. The van der Waals surface area contributed by atoms with Crippen molar-refractivity contribution >= 4 is 9.84 Å². The third-order valence-electron chi connectivity index (χ3n) is 1.56. The first-order valence-electron chi connectivity index (χ1n) is 3.62. The summed E-state index contributed by atoms with van der Waals surface area (Å²) in [5, 5.41) is 8.88. The first-order chi connectivity index (χ1) is 6.09. The Morgan fingerprint density at radius 3 is 2.31 bits per heavy atom. The Balaban J connectivity index is 3.09. The zero-order valence-corrected chi connectivity index (χ0v) is 7.54. The van der Waals surface area contributed by atoms with Crippen molar-refractivity contribution in [3.8, 4) is 0 Å². The fourth-order valence-corrected chi connectivity index (χ4v) is 1.87. The predicted molar refractivity (Wildman–Crippen MR) is 45.6 cm³/mol. The molecule has 0 bridgehead atoms. The Hall–Kier alpha value is -0.940. The lowest BCUT2D eigenvalue weighted by Gasteiger charge is -2.07. The number of alkyl halides is 1. The summed E-state index contributed by atoms with van der Waals surface area (Å²) in [6.07, 6.45) is 0. The SMILES string of the molecule is O=S(=O)(c1ccccc1)C(O)CF. The third-order valence-corrected chi connectivity index (χ3v) is 3.33. The summed E-state index contributed by atoms with van der Waals surface area (Å²) < 4.78 is 34.5. The van der Waals surface area contributed by atoms with Gasteiger partial charge in [-0.1, -0.05) is 18.2 Å². The van der Waals surface area contributed by atoms with Gasteiger partial charge in [0.05, 0.1) is 4.90 Å². The molecule has 1 N–H and O–H groups in total. The molecule has 0 amide bonds. The number of halogens is 1. The highest BCUT2D eigenvalue weighted by molar-refractivity contribution is 7.91.